The molecule has 0 saturated heterocycles. The van der Waals surface area contributed by atoms with Gasteiger partial charge in [-0.15, -0.1) is 0 Å². The first-order valence-electron chi connectivity index (χ1n) is 50.0. The Bertz CT molecular complexity index is 9720. The molecule has 2 aromatic heterocycles. The largest absolute Gasteiger partial charge is 0.456 e. The Morgan fingerprint density at radius 2 is 0.377 bits per heavy atom. The van der Waals surface area contributed by atoms with Gasteiger partial charge in [-0.05, 0) is 306 Å². The maximum Gasteiger partial charge on any atom is 0.143 e. The molecule has 0 N–H and O–H groups in total. The summed E-state index contributed by atoms with van der Waals surface area (Å²) in [7, 11) is 0. The molecule has 0 amide bonds. The van der Waals surface area contributed by atoms with Crippen molar-refractivity contribution in [3.63, 3.8) is 0 Å². The van der Waals surface area contributed by atoms with Crippen LogP contribution in [0.2, 0.25) is 0 Å². The van der Waals surface area contributed by atoms with Gasteiger partial charge < -0.3 is 28.4 Å². The molecule has 0 aliphatic carbocycles. The van der Waals surface area contributed by atoms with E-state index in [-0.39, 0.29) is 0 Å². The fourth-order valence-corrected chi connectivity index (χ4v) is 22.3. The first kappa shape index (κ1) is 85.8. The van der Waals surface area contributed by atoms with Gasteiger partial charge in [0.25, 0.3) is 0 Å². The predicted octanol–water partition coefficient (Wildman–Crippen LogP) is 40.3. The fraction of sp³-hybridized carbons (Fsp3) is 0. The van der Waals surface area contributed by atoms with E-state index in [4.69, 9.17) is 8.83 Å². The molecule has 6 heteroatoms. The lowest BCUT2D eigenvalue weighted by molar-refractivity contribution is 0.669. The molecule has 28 aromatic rings. The van der Waals surface area contributed by atoms with Crippen molar-refractivity contribution in [3.05, 3.63) is 558 Å². The Hall–Kier alpha value is -19.4. The van der Waals surface area contributed by atoms with Crippen LogP contribution in [0.5, 0.6) is 0 Å². The van der Waals surface area contributed by atoms with Crippen molar-refractivity contribution in [2.45, 2.75) is 0 Å². The van der Waals surface area contributed by atoms with Gasteiger partial charge >= 0.3 is 0 Å². The molecule has 0 unspecified atom stereocenters. The summed E-state index contributed by atoms with van der Waals surface area (Å²) in [4.78, 5) is 9.44. The van der Waals surface area contributed by atoms with E-state index in [1.807, 2.05) is 24.3 Å². The van der Waals surface area contributed by atoms with Crippen LogP contribution in [0.3, 0.4) is 0 Å². The van der Waals surface area contributed by atoms with E-state index in [2.05, 4.69) is 553 Å². The summed E-state index contributed by atoms with van der Waals surface area (Å²) in [5.74, 6) is 0. The highest BCUT2D eigenvalue weighted by Crippen LogP contribution is 2.50. The van der Waals surface area contributed by atoms with Crippen molar-refractivity contribution in [2.24, 2.45) is 0 Å². The highest BCUT2D eigenvalue weighted by Gasteiger charge is 2.25. The van der Waals surface area contributed by atoms with E-state index in [9.17, 15) is 0 Å². The van der Waals surface area contributed by atoms with Crippen molar-refractivity contribution < 1.29 is 8.83 Å². The van der Waals surface area contributed by atoms with Gasteiger partial charge in [-0.25, -0.2) is 0 Å². The normalized spacial score (nSPS) is 11.6. The number of hydrogen-bond acceptors (Lipinski definition) is 6. The summed E-state index contributed by atoms with van der Waals surface area (Å²) in [6.45, 7) is 0. The fourth-order valence-electron chi connectivity index (χ4n) is 22.3. The number of benzene rings is 26. The lowest BCUT2D eigenvalue weighted by atomic mass is 9.91. The highest BCUT2D eigenvalue weighted by atomic mass is 16.3. The van der Waals surface area contributed by atoms with Gasteiger partial charge in [-0.2, -0.15) is 0 Å². The molecule has 0 spiro atoms. The number of rotatable bonds is 18. The minimum atomic E-state index is 0.904. The zero-order valence-corrected chi connectivity index (χ0v) is 79.7. The van der Waals surface area contributed by atoms with Crippen molar-refractivity contribution in [3.8, 4) is 66.8 Å². The minimum Gasteiger partial charge on any atom is -0.456 e. The Kier molecular flexibility index (Phi) is 21.5. The van der Waals surface area contributed by atoms with Crippen molar-refractivity contribution >= 4 is 198 Å². The van der Waals surface area contributed by atoms with Gasteiger partial charge in [0.1, 0.15) is 22.3 Å². The SMILES string of the molecule is c1ccc(N(c2ccc(-c3ccc(N(c4ccc(-c5ccc(-c6ccc7oc8ccccc8c7c6)c6ccccc56)cc4)c4ccc5c6ccccc6c6ccccc6c5c4)cc3)cc2)c2cccc3ccccc23)cc1.c1ccc(N(c2ccccc2)c2ccc(-c3ccc(N(c4ccc(-c5ccc(-c6cccc7c6oc6ccccc67)cc5)cc4)c4ccc5c6ccccc6c6ccccc6c5c4)cc3)cc2)cc1. The average molecular weight is 1860 g/mol. The number of anilines is 12. The van der Waals surface area contributed by atoms with Crippen LogP contribution in [0, 0.1) is 0 Å². The van der Waals surface area contributed by atoms with Crippen molar-refractivity contribution in [2.75, 3.05) is 19.6 Å². The van der Waals surface area contributed by atoms with Crippen molar-refractivity contribution in [1.82, 2.24) is 0 Å². The topological polar surface area (TPSA) is 39.2 Å². The van der Waals surface area contributed by atoms with Crippen LogP contribution in [-0.2, 0) is 0 Å². The molecule has 2 heterocycles. The summed E-state index contributed by atoms with van der Waals surface area (Å²) in [6.07, 6.45) is 0. The third-order valence-electron chi connectivity index (χ3n) is 29.3. The van der Waals surface area contributed by atoms with E-state index >= 15 is 0 Å². The van der Waals surface area contributed by atoms with Gasteiger partial charge in [0.15, 0.2) is 0 Å². The van der Waals surface area contributed by atoms with Gasteiger partial charge in [0.2, 0.25) is 0 Å². The maximum absolute atomic E-state index is 6.39. The predicted molar refractivity (Wildman–Crippen MR) is 619 cm³/mol. The molecular formula is C140H92N4O2. The van der Waals surface area contributed by atoms with E-state index in [1.165, 1.54) is 103 Å². The number of nitrogens with zero attached hydrogens (tertiary/aromatic N) is 4. The second-order valence-electron chi connectivity index (χ2n) is 37.6. The quantitative estimate of drug-likeness (QED) is 0.0798. The van der Waals surface area contributed by atoms with E-state index in [0.29, 0.717) is 0 Å². The summed E-state index contributed by atoms with van der Waals surface area (Å²) in [5, 5.41) is 24.5. The first-order valence-corrected chi connectivity index (χ1v) is 50.0. The molecular weight excluding hydrogens is 1770 g/mol. The lowest BCUT2D eigenvalue weighted by Crippen LogP contribution is -2.10. The molecule has 26 aromatic carbocycles. The molecule has 0 fully saturated rings. The summed E-state index contributed by atoms with van der Waals surface area (Å²) < 4.78 is 12.6. The Morgan fingerprint density at radius 3 is 0.808 bits per heavy atom. The maximum atomic E-state index is 6.39. The van der Waals surface area contributed by atoms with Crippen LogP contribution in [0.1, 0.15) is 0 Å². The standard InChI is InChI=1S/C74H48N2O.C66H44N2O/c1-2-17-54(18-3-1)76(72-27-14-16-51-15-4-5-19-61(51)72)57-38-31-50(32-39-57)49-29-36-55(37-30-49)75(58-42-43-68-66-24-9-8-22-64(66)65-23-10-11-25-67(65)70(68)48-58)56-40-33-52(34-41-56)59-44-45-60(63-21-7-6-20-62(59)63)53-35-46-74-71(47-53)69-26-12-13-28-73(69)77-74;1-3-14-50(15-4-1)67(51-16-5-2-6-17-51)52-36-30-47(31-37-52)48-34-40-54(41-35-48)68(55-42-43-61-59-20-8-7-18-57(59)58-19-9-10-21-60(58)64(61)44-55)53-38-32-46(33-39-53)45-26-28-49(29-27-45)56-23-13-24-63-62-22-11-12-25-65(62)69-66(56)63/h1-48H;1-44H. The Morgan fingerprint density at radius 1 is 0.116 bits per heavy atom. The third-order valence-corrected chi connectivity index (χ3v) is 29.3. The van der Waals surface area contributed by atoms with Gasteiger partial charge in [0, 0.05) is 95.1 Å². The molecule has 6 nitrogen and oxygen atoms in total. The Balaban J connectivity index is 0.000000146. The van der Waals surface area contributed by atoms with E-state index < -0.39 is 0 Å². The Labute approximate surface area is 845 Å². The van der Waals surface area contributed by atoms with Crippen LogP contribution >= 0.6 is 0 Å². The third kappa shape index (κ3) is 15.5. The highest BCUT2D eigenvalue weighted by molar-refractivity contribution is 6.28. The number of fused-ring (bicyclic) bond motifs is 20. The summed E-state index contributed by atoms with van der Waals surface area (Å²) in [5.41, 5.74) is 30.7. The van der Waals surface area contributed by atoms with Crippen molar-refractivity contribution in [1.29, 1.82) is 0 Å². The van der Waals surface area contributed by atoms with Crippen LogP contribution < -0.4 is 19.6 Å². The van der Waals surface area contributed by atoms with Crippen LogP contribution in [0.15, 0.2) is 567 Å². The molecule has 0 atom stereocenters. The molecule has 0 aliphatic heterocycles. The number of para-hydroxylation sites is 6. The first-order chi connectivity index (χ1) is 72.4. The molecule has 0 saturated carbocycles. The van der Waals surface area contributed by atoms with Crippen LogP contribution in [-0.4, -0.2) is 0 Å². The second-order valence-corrected chi connectivity index (χ2v) is 37.6. The molecule has 28 rings (SSSR count). The molecule has 0 radical (unpaired) electrons. The summed E-state index contributed by atoms with van der Waals surface area (Å²) in [6, 6.07) is 202. The number of hydrogen-bond donors (Lipinski definition) is 0. The van der Waals surface area contributed by atoms with Gasteiger partial charge in [0.05, 0.1) is 5.69 Å². The molecule has 684 valence electrons. The molecule has 0 aliphatic rings. The lowest BCUT2D eigenvalue weighted by Gasteiger charge is -2.27. The zero-order chi connectivity index (χ0) is 96.5. The minimum absolute atomic E-state index is 0.904. The zero-order valence-electron chi connectivity index (χ0n) is 79.7. The number of furan rings is 2. The monoisotopic (exact) mass is 1860 g/mol. The average Bonchev–Trinajstić information content (AvgIpc) is 0.999. The van der Waals surface area contributed by atoms with E-state index in [1.54, 1.807) is 0 Å². The van der Waals surface area contributed by atoms with Gasteiger partial charge in [-0.1, -0.05) is 394 Å². The van der Waals surface area contributed by atoms with Gasteiger partial charge in [-0.3, -0.25) is 0 Å². The smallest absolute Gasteiger partial charge is 0.143 e. The second kappa shape index (κ2) is 36.7. The van der Waals surface area contributed by atoms with Crippen LogP contribution in [0.4, 0.5) is 68.2 Å². The molecule has 146 heavy (non-hydrogen) atoms. The van der Waals surface area contributed by atoms with Crippen LogP contribution in [0.25, 0.3) is 197 Å². The van der Waals surface area contributed by atoms with E-state index in [0.717, 1.165) is 162 Å². The summed E-state index contributed by atoms with van der Waals surface area (Å²) >= 11 is 0. The molecule has 0 bridgehead atoms.